The molecule has 0 unspecified atom stereocenters. The van der Waals surface area contributed by atoms with E-state index in [1.807, 2.05) is 12.1 Å². The summed E-state index contributed by atoms with van der Waals surface area (Å²) >= 11 is 0. The molecule has 2 aliphatic rings. The van der Waals surface area contributed by atoms with Crippen LogP contribution in [0.5, 0.6) is 0 Å². The van der Waals surface area contributed by atoms with Crippen LogP contribution in [0.3, 0.4) is 0 Å². The van der Waals surface area contributed by atoms with E-state index in [9.17, 15) is 31.5 Å². The number of benzene rings is 2. The Morgan fingerprint density at radius 1 is 1.07 bits per heavy atom. The topological polar surface area (TPSA) is 86.7 Å². The molecule has 2 aromatic rings. The summed E-state index contributed by atoms with van der Waals surface area (Å²) in [6.45, 7) is 7.10. The number of sulfone groups is 1. The first-order valence-electron chi connectivity index (χ1n) is 14.5. The van der Waals surface area contributed by atoms with Crippen molar-refractivity contribution in [1.29, 1.82) is 0 Å². The maximum atomic E-state index is 13.3. The minimum Gasteiger partial charge on any atom is -0.396 e. The molecule has 1 fully saturated rings. The monoisotopic (exact) mass is 594 g/mol. The number of carbonyl (C=O) groups excluding carboxylic acids is 1. The fourth-order valence-corrected chi connectivity index (χ4v) is 7.30. The van der Waals surface area contributed by atoms with E-state index in [-0.39, 0.29) is 54.4 Å². The number of nitrogens with zero attached hydrogens (tertiary/aromatic N) is 1. The summed E-state index contributed by atoms with van der Waals surface area (Å²) in [6.07, 6.45) is -2.30. The lowest BCUT2D eigenvalue weighted by molar-refractivity contribution is -0.184. The Hall–Kier alpha value is -2.43. The molecular weight excluding hydrogens is 553 g/mol. The molecule has 41 heavy (non-hydrogen) atoms. The van der Waals surface area contributed by atoms with Crippen molar-refractivity contribution in [2.75, 3.05) is 18.9 Å². The van der Waals surface area contributed by atoms with Crippen LogP contribution in [0.1, 0.15) is 92.0 Å². The van der Waals surface area contributed by atoms with Gasteiger partial charge in [-0.05, 0) is 84.9 Å². The van der Waals surface area contributed by atoms with Crippen molar-refractivity contribution in [2.24, 2.45) is 17.8 Å². The van der Waals surface area contributed by atoms with Gasteiger partial charge in [0.05, 0.1) is 22.6 Å². The molecule has 226 valence electrons. The predicted octanol–water partition coefficient (Wildman–Crippen LogP) is 6.22. The molecule has 2 aromatic carbocycles. The molecule has 0 aromatic heterocycles. The van der Waals surface area contributed by atoms with Gasteiger partial charge in [-0.25, -0.2) is 8.42 Å². The van der Waals surface area contributed by atoms with E-state index in [2.05, 4.69) is 24.1 Å². The van der Waals surface area contributed by atoms with Gasteiger partial charge in [-0.1, -0.05) is 39.0 Å². The molecule has 2 atom stereocenters. The summed E-state index contributed by atoms with van der Waals surface area (Å²) in [4.78, 5) is 15.9. The molecule has 1 amide bonds. The van der Waals surface area contributed by atoms with E-state index >= 15 is 0 Å². The van der Waals surface area contributed by atoms with Crippen LogP contribution in [0.15, 0.2) is 47.4 Å². The van der Waals surface area contributed by atoms with Crippen molar-refractivity contribution in [3.63, 3.8) is 0 Å². The van der Waals surface area contributed by atoms with Crippen LogP contribution in [0.4, 0.5) is 13.2 Å². The third kappa shape index (κ3) is 7.32. The van der Waals surface area contributed by atoms with E-state index in [4.69, 9.17) is 0 Å². The number of halogens is 3. The number of hydrogen-bond acceptors (Lipinski definition) is 5. The summed E-state index contributed by atoms with van der Waals surface area (Å²) in [7, 11) is -3.34. The normalized spacial score (nSPS) is 22.5. The molecule has 0 saturated heterocycles. The smallest absolute Gasteiger partial charge is 0.391 e. The Balaban J connectivity index is 1.46. The average Bonchev–Trinajstić information content (AvgIpc) is 3.30. The van der Waals surface area contributed by atoms with E-state index < -0.39 is 28.0 Å². The molecule has 1 saturated carbocycles. The average molecular weight is 595 g/mol. The lowest BCUT2D eigenvalue weighted by Crippen LogP contribution is -2.34. The van der Waals surface area contributed by atoms with Gasteiger partial charge in [-0.3, -0.25) is 9.69 Å². The Morgan fingerprint density at radius 3 is 2.29 bits per heavy atom. The Labute approximate surface area is 241 Å². The van der Waals surface area contributed by atoms with Crippen LogP contribution in [-0.4, -0.2) is 49.4 Å². The van der Waals surface area contributed by atoms with Crippen molar-refractivity contribution >= 4 is 15.7 Å². The third-order valence-corrected chi connectivity index (χ3v) is 10.4. The van der Waals surface area contributed by atoms with Gasteiger partial charge in [0.15, 0.2) is 9.84 Å². The third-order valence-electron chi connectivity index (χ3n) is 8.67. The molecule has 6 nitrogen and oxygen atoms in total. The molecule has 0 radical (unpaired) electrons. The molecule has 2 N–H and O–H groups in total. The van der Waals surface area contributed by atoms with Gasteiger partial charge in [0.25, 0.3) is 5.91 Å². The van der Waals surface area contributed by atoms with E-state index in [0.29, 0.717) is 36.4 Å². The zero-order chi connectivity index (χ0) is 29.9. The Kier molecular flexibility index (Phi) is 9.86. The second-order valence-electron chi connectivity index (χ2n) is 11.8. The van der Waals surface area contributed by atoms with E-state index in [0.717, 1.165) is 17.7 Å². The number of amides is 1. The number of hydrogen-bond donors (Lipinski definition) is 2. The highest BCUT2D eigenvalue weighted by atomic mass is 32.2. The van der Waals surface area contributed by atoms with E-state index in [1.54, 1.807) is 25.1 Å². The quantitative estimate of drug-likeness (QED) is 0.341. The zero-order valence-electron chi connectivity index (χ0n) is 24.0. The van der Waals surface area contributed by atoms with Crippen molar-refractivity contribution in [3.8, 4) is 0 Å². The largest absolute Gasteiger partial charge is 0.396 e. The van der Waals surface area contributed by atoms with Gasteiger partial charge in [0.2, 0.25) is 0 Å². The fraction of sp³-hybridized carbons (Fsp3) is 0.581. The van der Waals surface area contributed by atoms with E-state index in [1.165, 1.54) is 12.1 Å². The molecule has 4 rings (SSSR count). The van der Waals surface area contributed by atoms with Crippen LogP contribution in [0.25, 0.3) is 0 Å². The standard InChI is InChI=1S/C31H41F3N2O4S/c1-4-41(39,40)26-12-7-22(8-13-26)28(15-16-37)35-30(38)23-9-14-27-24(17-23)19-36(29(27)20(2)3)18-21-5-10-25(11-6-21)31(32,33)34/h7-9,12-14,17,20-21,25,28-29,37H,4-6,10-11,15-16,18-19H2,1-3H3,(H,35,38)/t21?,25?,28-,29+/m0/s1. The van der Waals surface area contributed by atoms with Crippen LogP contribution >= 0.6 is 0 Å². The minimum absolute atomic E-state index is 0.00421. The molecular formula is C31H41F3N2O4S. The fourth-order valence-electron chi connectivity index (χ4n) is 6.42. The number of aliphatic hydroxyl groups is 1. The van der Waals surface area contributed by atoms with Crippen LogP contribution in [-0.2, 0) is 16.4 Å². The number of nitrogens with one attached hydrogen (secondary N) is 1. The number of carbonyl (C=O) groups is 1. The van der Waals surface area contributed by atoms with Crippen molar-refractivity contribution < 1.29 is 31.5 Å². The number of rotatable bonds is 10. The second-order valence-corrected chi connectivity index (χ2v) is 14.1. The van der Waals surface area contributed by atoms with Crippen molar-refractivity contribution in [3.05, 3.63) is 64.7 Å². The predicted molar refractivity (Wildman–Crippen MR) is 152 cm³/mol. The number of alkyl halides is 3. The lowest BCUT2D eigenvalue weighted by atomic mass is 9.81. The molecule has 1 aliphatic carbocycles. The molecule has 1 heterocycles. The first kappa shape index (κ1) is 31.5. The van der Waals surface area contributed by atoms with Crippen LogP contribution in [0, 0.1) is 17.8 Å². The number of fused-ring (bicyclic) bond motifs is 1. The summed E-state index contributed by atoms with van der Waals surface area (Å²) in [5, 5.41) is 12.6. The van der Waals surface area contributed by atoms with Gasteiger partial charge < -0.3 is 10.4 Å². The first-order valence-corrected chi connectivity index (χ1v) is 16.2. The maximum Gasteiger partial charge on any atom is 0.391 e. The molecule has 10 heteroatoms. The zero-order valence-corrected chi connectivity index (χ0v) is 24.8. The highest BCUT2D eigenvalue weighted by Gasteiger charge is 2.42. The minimum atomic E-state index is -4.11. The van der Waals surface area contributed by atoms with Gasteiger partial charge in [-0.15, -0.1) is 0 Å². The van der Waals surface area contributed by atoms with Gasteiger partial charge in [0, 0.05) is 31.3 Å². The summed E-state index contributed by atoms with van der Waals surface area (Å²) < 4.78 is 63.7. The maximum absolute atomic E-state index is 13.3. The Morgan fingerprint density at radius 2 is 1.73 bits per heavy atom. The molecule has 0 bridgehead atoms. The Bertz CT molecular complexity index is 1300. The SMILES string of the molecule is CCS(=O)(=O)c1ccc([C@H](CCO)NC(=O)c2ccc3c(c2)CN(CC2CCC(C(F)(F)F)CC2)[C@@H]3C(C)C)cc1. The van der Waals surface area contributed by atoms with Gasteiger partial charge in [-0.2, -0.15) is 13.2 Å². The van der Waals surface area contributed by atoms with Gasteiger partial charge >= 0.3 is 6.18 Å². The lowest BCUT2D eigenvalue weighted by Gasteiger charge is -2.35. The number of aliphatic hydroxyl groups excluding tert-OH is 1. The van der Waals surface area contributed by atoms with Gasteiger partial charge in [0.1, 0.15) is 0 Å². The van der Waals surface area contributed by atoms with Crippen LogP contribution in [0.2, 0.25) is 0 Å². The summed E-state index contributed by atoms with van der Waals surface area (Å²) in [5.41, 5.74) is 3.40. The second kappa shape index (κ2) is 12.8. The first-order chi connectivity index (χ1) is 19.3. The molecule has 1 aliphatic heterocycles. The summed E-state index contributed by atoms with van der Waals surface area (Å²) in [5.74, 6) is -0.953. The molecule has 0 spiro atoms. The highest BCUT2D eigenvalue weighted by Crippen LogP contribution is 2.43. The van der Waals surface area contributed by atoms with Crippen molar-refractivity contribution in [2.45, 2.75) is 82.6 Å². The van der Waals surface area contributed by atoms with Crippen LogP contribution < -0.4 is 5.32 Å². The highest BCUT2D eigenvalue weighted by molar-refractivity contribution is 7.91. The van der Waals surface area contributed by atoms with Crippen molar-refractivity contribution in [1.82, 2.24) is 10.2 Å². The summed E-state index contributed by atoms with van der Waals surface area (Å²) in [6, 6.07) is 11.7.